The quantitative estimate of drug-likeness (QED) is 0.261. The number of alkyl halides is 6. The van der Waals surface area contributed by atoms with Gasteiger partial charge in [0.1, 0.15) is 0 Å². The first kappa shape index (κ1) is 30.2. The van der Waals surface area contributed by atoms with Crippen LogP contribution in [0.3, 0.4) is 0 Å². The second-order valence-electron chi connectivity index (χ2n) is 7.92. The van der Waals surface area contributed by atoms with Gasteiger partial charge in [0, 0.05) is 34.5 Å². The number of aromatic nitrogens is 1. The lowest BCUT2D eigenvalue weighted by Gasteiger charge is -2.28. The highest BCUT2D eigenvalue weighted by Crippen LogP contribution is 2.49. The number of nitrogens with zero attached hydrogens (tertiary/aromatic N) is 2. The van der Waals surface area contributed by atoms with Crippen molar-refractivity contribution in [1.29, 1.82) is 0 Å². The van der Waals surface area contributed by atoms with Crippen LogP contribution in [0, 0.1) is 0 Å². The maximum Gasteiger partial charge on any atom is 0.432 e. The summed E-state index contributed by atoms with van der Waals surface area (Å²) in [5.74, 6) is -1.29. The number of carbonyl (C=O) groups excluding carboxylic acids is 2. The zero-order valence-corrected chi connectivity index (χ0v) is 22.5. The summed E-state index contributed by atoms with van der Waals surface area (Å²) >= 11 is 8.87. The molecule has 39 heavy (non-hydrogen) atoms. The van der Waals surface area contributed by atoms with E-state index in [1.807, 2.05) is 0 Å². The molecule has 0 radical (unpaired) electrons. The van der Waals surface area contributed by atoms with E-state index >= 15 is 0 Å². The maximum atomic E-state index is 14.5. The van der Waals surface area contributed by atoms with E-state index < -0.39 is 40.7 Å². The van der Waals surface area contributed by atoms with Crippen LogP contribution in [-0.4, -0.2) is 43.1 Å². The molecule has 0 spiro atoms. The Balaban J connectivity index is 2.00. The molecule has 1 N–H and O–H groups in total. The summed E-state index contributed by atoms with van der Waals surface area (Å²) in [6.07, 6.45) is -7.50. The van der Waals surface area contributed by atoms with Crippen LogP contribution in [0.25, 0.3) is 0 Å². The Morgan fingerprint density at radius 3 is 2.28 bits per heavy atom. The fraction of sp³-hybridized carbons (Fsp3) is 0.240. The lowest BCUT2D eigenvalue weighted by Crippen LogP contribution is -2.44. The van der Waals surface area contributed by atoms with Crippen molar-refractivity contribution in [3.05, 3.63) is 81.0 Å². The minimum Gasteiger partial charge on any atom is -0.494 e. The lowest BCUT2D eigenvalue weighted by atomic mass is 9.95. The van der Waals surface area contributed by atoms with Gasteiger partial charge in [0.05, 0.1) is 29.1 Å². The smallest absolute Gasteiger partial charge is 0.432 e. The summed E-state index contributed by atoms with van der Waals surface area (Å²) in [5, 5.41) is 1.72. The van der Waals surface area contributed by atoms with E-state index in [1.165, 1.54) is 54.7 Å². The van der Waals surface area contributed by atoms with Crippen molar-refractivity contribution >= 4 is 50.7 Å². The largest absolute Gasteiger partial charge is 0.494 e. The van der Waals surface area contributed by atoms with Gasteiger partial charge in [-0.1, -0.05) is 17.7 Å². The number of hydrogen-bond acceptors (Lipinski definition) is 4. The summed E-state index contributed by atoms with van der Waals surface area (Å²) < 4.78 is 85.5. The number of hydrogen-bond donors (Lipinski definition) is 1. The normalized spacial score (nSPS) is 13.1. The van der Waals surface area contributed by atoms with Crippen molar-refractivity contribution in [3.63, 3.8) is 0 Å². The molecule has 0 saturated heterocycles. The average Bonchev–Trinajstić information content (AvgIpc) is 2.89. The number of carbonyl (C=O) groups is 2. The predicted molar refractivity (Wildman–Crippen MR) is 137 cm³/mol. The fourth-order valence-electron chi connectivity index (χ4n) is 3.70. The number of para-hydroxylation sites is 1. The van der Waals surface area contributed by atoms with Crippen LogP contribution in [0.15, 0.2) is 59.3 Å². The molecule has 3 rings (SSSR count). The number of benzene rings is 2. The molecule has 1 atom stereocenters. The molecule has 208 valence electrons. The van der Waals surface area contributed by atoms with Crippen molar-refractivity contribution in [3.8, 4) is 5.75 Å². The number of nitrogens with one attached hydrogen (secondary N) is 1. The second-order valence-corrected chi connectivity index (χ2v) is 9.18. The summed E-state index contributed by atoms with van der Waals surface area (Å²) in [4.78, 5) is 31.5. The third kappa shape index (κ3) is 5.83. The van der Waals surface area contributed by atoms with Gasteiger partial charge in [-0.25, -0.2) is 13.2 Å². The molecule has 0 bridgehead atoms. The van der Waals surface area contributed by atoms with Gasteiger partial charge in [-0.05, 0) is 59.3 Å². The Labute approximate surface area is 232 Å². The Bertz CT molecular complexity index is 1350. The van der Waals surface area contributed by atoms with Crippen LogP contribution in [0.1, 0.15) is 33.2 Å². The van der Waals surface area contributed by atoms with Gasteiger partial charge >= 0.3 is 6.18 Å². The first-order chi connectivity index (χ1) is 18.3. The number of anilines is 2. The van der Waals surface area contributed by atoms with Gasteiger partial charge in [-0.15, -0.1) is 0 Å². The SMILES string of the molecule is CCN(C(=O)c1ccncc1)c1cccc(C(=O)Nc2c(Cl)cc(C(F)(C(F)F)C(F)(F)F)cc2Br)c1OC. The number of ether oxygens (including phenoxy) is 1. The molecule has 0 aliphatic heterocycles. The number of rotatable bonds is 8. The standard InChI is InChI=1S/C25H19BrClF6N3O3/c1-3-36(22(38)13-7-9-34-10-8-13)18-6-4-5-15(20(18)39-2)21(37)35-19-16(26)11-14(12-17(19)27)24(30,23(28)29)25(31,32)33/h4-12,23H,3H2,1-2H3,(H,35,37). The Morgan fingerprint density at radius 1 is 1.13 bits per heavy atom. The number of halogens is 8. The Kier molecular flexibility index (Phi) is 9.16. The predicted octanol–water partition coefficient (Wildman–Crippen LogP) is 7.42. The average molecular weight is 639 g/mol. The minimum absolute atomic E-state index is 0.0133. The highest BCUT2D eigenvalue weighted by Gasteiger charge is 2.64. The lowest BCUT2D eigenvalue weighted by molar-refractivity contribution is -0.274. The summed E-state index contributed by atoms with van der Waals surface area (Å²) in [6, 6.07) is 8.21. The molecule has 1 aromatic heterocycles. The van der Waals surface area contributed by atoms with E-state index in [4.69, 9.17) is 16.3 Å². The number of pyridine rings is 1. The Hall–Kier alpha value is -3.32. The van der Waals surface area contributed by atoms with Crippen LogP contribution < -0.4 is 15.0 Å². The highest BCUT2D eigenvalue weighted by molar-refractivity contribution is 9.10. The second kappa shape index (κ2) is 11.8. The molecule has 1 unspecified atom stereocenters. The van der Waals surface area contributed by atoms with Crippen molar-refractivity contribution < 1.29 is 40.7 Å². The Morgan fingerprint density at radius 2 is 1.77 bits per heavy atom. The topological polar surface area (TPSA) is 71.5 Å². The third-order valence-corrected chi connectivity index (χ3v) is 6.56. The van der Waals surface area contributed by atoms with Gasteiger partial charge in [0.2, 0.25) is 0 Å². The van der Waals surface area contributed by atoms with Crippen LogP contribution in [0.4, 0.5) is 37.7 Å². The number of methoxy groups -OCH3 is 1. The van der Waals surface area contributed by atoms with E-state index in [1.54, 1.807) is 6.92 Å². The van der Waals surface area contributed by atoms with Crippen LogP contribution in [-0.2, 0) is 5.67 Å². The van der Waals surface area contributed by atoms with Gasteiger partial charge in [-0.3, -0.25) is 14.6 Å². The zero-order chi connectivity index (χ0) is 29.1. The molecule has 3 aromatic rings. The molecular weight excluding hydrogens is 620 g/mol. The van der Waals surface area contributed by atoms with E-state index in [9.17, 15) is 35.9 Å². The van der Waals surface area contributed by atoms with Crippen LogP contribution >= 0.6 is 27.5 Å². The minimum atomic E-state index is -5.94. The third-order valence-electron chi connectivity index (χ3n) is 5.64. The molecule has 0 fully saturated rings. The van der Waals surface area contributed by atoms with E-state index in [0.717, 1.165) is 0 Å². The molecular formula is C25H19BrClF6N3O3. The summed E-state index contributed by atoms with van der Waals surface area (Å²) in [6.45, 7) is 1.89. The summed E-state index contributed by atoms with van der Waals surface area (Å²) in [5.41, 5.74) is -6.29. The van der Waals surface area contributed by atoms with Crippen molar-refractivity contribution in [2.24, 2.45) is 0 Å². The highest BCUT2D eigenvalue weighted by atomic mass is 79.9. The van der Waals surface area contributed by atoms with Gasteiger partial charge in [0.15, 0.2) is 5.75 Å². The molecule has 6 nitrogen and oxygen atoms in total. The molecule has 2 aromatic carbocycles. The van der Waals surface area contributed by atoms with Gasteiger partial charge < -0.3 is 15.0 Å². The van der Waals surface area contributed by atoms with Gasteiger partial charge in [0.25, 0.3) is 23.9 Å². The monoisotopic (exact) mass is 637 g/mol. The molecule has 0 aliphatic rings. The maximum absolute atomic E-state index is 14.5. The first-order valence-corrected chi connectivity index (χ1v) is 12.2. The fourth-order valence-corrected chi connectivity index (χ4v) is 4.64. The van der Waals surface area contributed by atoms with Gasteiger partial charge in [-0.2, -0.15) is 13.2 Å². The zero-order valence-electron chi connectivity index (χ0n) is 20.1. The van der Waals surface area contributed by atoms with Crippen LogP contribution in [0.5, 0.6) is 5.75 Å². The van der Waals surface area contributed by atoms with Crippen LogP contribution in [0.2, 0.25) is 5.02 Å². The summed E-state index contributed by atoms with van der Waals surface area (Å²) in [7, 11) is 1.26. The van der Waals surface area contributed by atoms with E-state index in [-0.39, 0.29) is 33.7 Å². The molecule has 2 amide bonds. The van der Waals surface area contributed by atoms with E-state index in [2.05, 4.69) is 26.2 Å². The van der Waals surface area contributed by atoms with Crippen molar-refractivity contribution in [2.45, 2.75) is 25.2 Å². The van der Waals surface area contributed by atoms with Crippen molar-refractivity contribution in [2.75, 3.05) is 23.9 Å². The molecule has 0 aliphatic carbocycles. The van der Waals surface area contributed by atoms with Crippen molar-refractivity contribution in [1.82, 2.24) is 4.98 Å². The number of amides is 2. The molecule has 14 heteroatoms. The van der Waals surface area contributed by atoms with E-state index in [0.29, 0.717) is 17.7 Å². The first-order valence-electron chi connectivity index (χ1n) is 11.0. The molecule has 1 heterocycles. The molecule has 0 saturated carbocycles.